The van der Waals surface area contributed by atoms with Crippen molar-refractivity contribution >= 4 is 16.9 Å². The van der Waals surface area contributed by atoms with Gasteiger partial charge in [-0.1, -0.05) is 31.9 Å². The minimum atomic E-state index is -0.352. The molecule has 0 aliphatic rings. The summed E-state index contributed by atoms with van der Waals surface area (Å²) in [4.78, 5) is 17.3. The summed E-state index contributed by atoms with van der Waals surface area (Å²) in [7, 11) is 1.97. The maximum absolute atomic E-state index is 13.1. The predicted octanol–water partition coefficient (Wildman–Crippen LogP) is 4.37. The topological polar surface area (TPSA) is 46.9 Å². The summed E-state index contributed by atoms with van der Waals surface area (Å²) in [5.41, 5.74) is 2.40. The number of aryl methyl sites for hydroxylation is 1. The fourth-order valence-corrected chi connectivity index (χ4v) is 2.99. The van der Waals surface area contributed by atoms with Crippen molar-refractivity contribution in [3.8, 4) is 0 Å². The van der Waals surface area contributed by atoms with E-state index in [-0.39, 0.29) is 17.8 Å². The molecule has 1 amide bonds. The Bertz CT molecular complexity index is 870. The lowest BCUT2D eigenvalue weighted by Gasteiger charge is -2.18. The van der Waals surface area contributed by atoms with Gasteiger partial charge in [0.1, 0.15) is 11.6 Å². The number of nitrogens with zero attached hydrogens (tertiary/aromatic N) is 2. The first-order valence-corrected chi connectivity index (χ1v) is 8.58. The number of benzene rings is 2. The number of hydrogen-bond acceptors (Lipinski definition) is 2. The molecule has 1 N–H and O–H groups in total. The second kappa shape index (κ2) is 7.47. The number of rotatable bonds is 6. The van der Waals surface area contributed by atoms with Gasteiger partial charge < -0.3 is 9.88 Å². The highest BCUT2D eigenvalue weighted by molar-refractivity contribution is 5.94. The van der Waals surface area contributed by atoms with E-state index in [1.165, 1.54) is 24.3 Å². The van der Waals surface area contributed by atoms with Crippen LogP contribution in [-0.2, 0) is 7.05 Å². The fraction of sp³-hybridized carbons (Fsp3) is 0.300. The number of imidazole rings is 1. The molecular formula is C20H22FN3O. The van der Waals surface area contributed by atoms with Crippen LogP contribution in [0.2, 0.25) is 0 Å². The van der Waals surface area contributed by atoms with Gasteiger partial charge in [-0.15, -0.1) is 0 Å². The molecule has 0 aliphatic carbocycles. The molecule has 5 heteroatoms. The molecule has 1 unspecified atom stereocenters. The molecule has 1 atom stereocenters. The Kier molecular flexibility index (Phi) is 5.12. The van der Waals surface area contributed by atoms with Gasteiger partial charge in [-0.2, -0.15) is 0 Å². The number of fused-ring (bicyclic) bond motifs is 1. The van der Waals surface area contributed by atoms with Crippen molar-refractivity contribution in [2.24, 2.45) is 7.05 Å². The molecule has 0 spiro atoms. The lowest BCUT2D eigenvalue weighted by Crippen LogP contribution is -2.30. The van der Waals surface area contributed by atoms with E-state index < -0.39 is 0 Å². The summed E-state index contributed by atoms with van der Waals surface area (Å²) in [5, 5.41) is 3.06. The summed E-state index contributed by atoms with van der Waals surface area (Å²) in [6.45, 7) is 2.12. The zero-order chi connectivity index (χ0) is 17.8. The molecule has 0 radical (unpaired) electrons. The maximum Gasteiger partial charge on any atom is 0.251 e. The fourth-order valence-electron chi connectivity index (χ4n) is 2.99. The summed E-state index contributed by atoms with van der Waals surface area (Å²) in [5.74, 6) is 0.271. The largest absolute Gasteiger partial charge is 0.342 e. The Morgan fingerprint density at radius 3 is 2.60 bits per heavy atom. The molecule has 0 aliphatic heterocycles. The normalized spacial score (nSPS) is 12.3. The average Bonchev–Trinajstić information content (AvgIpc) is 2.96. The number of unbranched alkanes of at least 4 members (excludes halogenated alkanes) is 1. The monoisotopic (exact) mass is 339 g/mol. The number of hydrogen-bond donors (Lipinski definition) is 1. The SMILES string of the molecule is CCCCC(NC(=O)c1ccc(F)cc1)c1nc2ccccc2n1C. The number of carbonyl (C=O) groups excluding carboxylic acids is 1. The summed E-state index contributed by atoms with van der Waals surface area (Å²) >= 11 is 0. The number of aromatic nitrogens is 2. The number of halogens is 1. The molecule has 1 aromatic heterocycles. The van der Waals surface area contributed by atoms with Gasteiger partial charge in [-0.25, -0.2) is 9.37 Å². The molecule has 3 aromatic rings. The zero-order valence-electron chi connectivity index (χ0n) is 14.5. The lowest BCUT2D eigenvalue weighted by molar-refractivity contribution is 0.0931. The van der Waals surface area contributed by atoms with Gasteiger partial charge in [-0.05, 0) is 42.8 Å². The number of carbonyl (C=O) groups is 1. The molecule has 130 valence electrons. The summed E-state index contributed by atoms with van der Waals surface area (Å²) < 4.78 is 15.1. The third kappa shape index (κ3) is 3.71. The zero-order valence-corrected chi connectivity index (χ0v) is 14.5. The van der Waals surface area contributed by atoms with Crippen molar-refractivity contribution in [3.63, 3.8) is 0 Å². The quantitative estimate of drug-likeness (QED) is 0.725. The van der Waals surface area contributed by atoms with E-state index in [1.54, 1.807) is 0 Å². The summed E-state index contributed by atoms with van der Waals surface area (Å²) in [6.07, 6.45) is 2.82. The summed E-state index contributed by atoms with van der Waals surface area (Å²) in [6, 6.07) is 13.3. The van der Waals surface area contributed by atoms with Gasteiger partial charge >= 0.3 is 0 Å². The second-order valence-corrected chi connectivity index (χ2v) is 6.19. The molecule has 25 heavy (non-hydrogen) atoms. The van der Waals surface area contributed by atoms with Crippen molar-refractivity contribution in [3.05, 3.63) is 65.7 Å². The second-order valence-electron chi connectivity index (χ2n) is 6.19. The van der Waals surface area contributed by atoms with E-state index in [4.69, 9.17) is 4.98 Å². The Labute approximate surface area is 146 Å². The molecule has 0 saturated heterocycles. The molecule has 4 nitrogen and oxygen atoms in total. The molecular weight excluding hydrogens is 317 g/mol. The van der Waals surface area contributed by atoms with Crippen LogP contribution in [0.1, 0.15) is 48.4 Å². The average molecular weight is 339 g/mol. The Morgan fingerprint density at radius 1 is 1.20 bits per heavy atom. The van der Waals surface area contributed by atoms with E-state index in [0.717, 1.165) is 36.1 Å². The van der Waals surface area contributed by atoms with Crippen LogP contribution in [0.25, 0.3) is 11.0 Å². The van der Waals surface area contributed by atoms with Gasteiger partial charge in [0.05, 0.1) is 17.1 Å². The third-order valence-corrected chi connectivity index (χ3v) is 4.39. The molecule has 0 fully saturated rings. The van der Waals surface area contributed by atoms with Crippen LogP contribution in [0.15, 0.2) is 48.5 Å². The third-order valence-electron chi connectivity index (χ3n) is 4.39. The first-order valence-electron chi connectivity index (χ1n) is 8.58. The van der Waals surface area contributed by atoms with Gasteiger partial charge in [0.2, 0.25) is 0 Å². The minimum absolute atomic E-state index is 0.185. The van der Waals surface area contributed by atoms with E-state index in [9.17, 15) is 9.18 Å². The maximum atomic E-state index is 13.1. The van der Waals surface area contributed by atoms with Crippen LogP contribution in [0.3, 0.4) is 0 Å². The first-order chi connectivity index (χ1) is 12.1. The van der Waals surface area contributed by atoms with Crippen LogP contribution >= 0.6 is 0 Å². The highest BCUT2D eigenvalue weighted by Gasteiger charge is 2.21. The molecule has 1 heterocycles. The van der Waals surface area contributed by atoms with Crippen molar-refractivity contribution in [2.75, 3.05) is 0 Å². The van der Waals surface area contributed by atoms with Crippen molar-refractivity contribution in [1.29, 1.82) is 0 Å². The van der Waals surface area contributed by atoms with Gasteiger partial charge in [0.25, 0.3) is 5.91 Å². The Balaban J connectivity index is 1.89. The number of nitrogens with one attached hydrogen (secondary N) is 1. The van der Waals surface area contributed by atoms with Crippen molar-refractivity contribution in [2.45, 2.75) is 32.2 Å². The minimum Gasteiger partial charge on any atom is -0.342 e. The van der Waals surface area contributed by atoms with Crippen molar-refractivity contribution < 1.29 is 9.18 Å². The van der Waals surface area contributed by atoms with Crippen LogP contribution in [0.5, 0.6) is 0 Å². The highest BCUT2D eigenvalue weighted by Crippen LogP contribution is 2.23. The number of para-hydroxylation sites is 2. The predicted molar refractivity (Wildman–Crippen MR) is 96.8 cm³/mol. The van der Waals surface area contributed by atoms with E-state index in [1.807, 2.05) is 35.9 Å². The van der Waals surface area contributed by atoms with Crippen LogP contribution in [0, 0.1) is 5.82 Å². The molecule has 2 aromatic carbocycles. The van der Waals surface area contributed by atoms with Crippen LogP contribution in [0.4, 0.5) is 4.39 Å². The Hall–Kier alpha value is -2.69. The van der Waals surface area contributed by atoms with Gasteiger partial charge in [0.15, 0.2) is 0 Å². The molecule has 0 bridgehead atoms. The number of amides is 1. The first kappa shape index (κ1) is 17.1. The molecule has 3 rings (SSSR count). The van der Waals surface area contributed by atoms with E-state index in [2.05, 4.69) is 12.2 Å². The Morgan fingerprint density at radius 2 is 1.92 bits per heavy atom. The smallest absolute Gasteiger partial charge is 0.251 e. The van der Waals surface area contributed by atoms with Gasteiger partial charge in [-0.3, -0.25) is 4.79 Å². The lowest BCUT2D eigenvalue weighted by atomic mass is 10.1. The standard InChI is InChI=1S/C20H22FN3O/c1-3-4-7-17(23-20(25)14-10-12-15(21)13-11-14)19-22-16-8-5-6-9-18(16)24(19)2/h5-6,8-13,17H,3-4,7H2,1-2H3,(H,23,25). The van der Waals surface area contributed by atoms with E-state index in [0.29, 0.717) is 5.56 Å². The van der Waals surface area contributed by atoms with Crippen molar-refractivity contribution in [1.82, 2.24) is 14.9 Å². The highest BCUT2D eigenvalue weighted by atomic mass is 19.1. The molecule has 0 saturated carbocycles. The van der Waals surface area contributed by atoms with Crippen LogP contribution < -0.4 is 5.32 Å². The van der Waals surface area contributed by atoms with Crippen LogP contribution in [-0.4, -0.2) is 15.5 Å². The van der Waals surface area contributed by atoms with E-state index >= 15 is 0 Å². The van der Waals surface area contributed by atoms with Gasteiger partial charge in [0, 0.05) is 12.6 Å².